The molecule has 0 bridgehead atoms. The summed E-state index contributed by atoms with van der Waals surface area (Å²) < 4.78 is 7.50. The average molecular weight is 218 g/mol. The Hall–Kier alpha value is -1.62. The number of fused-ring (bicyclic) bond motifs is 1. The Morgan fingerprint density at radius 3 is 3.12 bits per heavy atom. The number of nitrogens with zero attached hydrogens (tertiary/aromatic N) is 3. The van der Waals surface area contributed by atoms with Crippen LogP contribution >= 0.6 is 0 Å². The predicted molar refractivity (Wildman–Crippen MR) is 59.2 cm³/mol. The molecule has 0 amide bonds. The zero-order chi connectivity index (χ0) is 11.0. The molecule has 1 aliphatic carbocycles. The zero-order valence-electron chi connectivity index (χ0n) is 8.91. The molecule has 2 atom stereocenters. The Morgan fingerprint density at radius 2 is 2.31 bits per heavy atom. The fourth-order valence-electron chi connectivity index (χ4n) is 2.12. The summed E-state index contributed by atoms with van der Waals surface area (Å²) >= 11 is 0. The van der Waals surface area contributed by atoms with Gasteiger partial charge in [-0.15, -0.1) is 0 Å². The Bertz CT molecular complexity index is 495. The van der Waals surface area contributed by atoms with E-state index < -0.39 is 0 Å². The summed E-state index contributed by atoms with van der Waals surface area (Å²) in [7, 11) is 0. The molecule has 0 aromatic carbocycles. The van der Waals surface area contributed by atoms with Crippen LogP contribution in [0.4, 0.5) is 0 Å². The van der Waals surface area contributed by atoms with Crippen molar-refractivity contribution in [3.63, 3.8) is 0 Å². The van der Waals surface area contributed by atoms with Gasteiger partial charge >= 0.3 is 0 Å². The smallest absolute Gasteiger partial charge is 0.217 e. The van der Waals surface area contributed by atoms with E-state index in [1.165, 1.54) is 0 Å². The fraction of sp³-hybridized carbons (Fsp3) is 0.455. The van der Waals surface area contributed by atoms with Crippen LogP contribution in [0.1, 0.15) is 19.3 Å². The van der Waals surface area contributed by atoms with Crippen LogP contribution < -0.4 is 10.5 Å². The van der Waals surface area contributed by atoms with Crippen molar-refractivity contribution < 1.29 is 4.74 Å². The summed E-state index contributed by atoms with van der Waals surface area (Å²) in [6.07, 6.45) is 6.87. The highest BCUT2D eigenvalue weighted by molar-refractivity contribution is 5.37. The first kappa shape index (κ1) is 9.59. The van der Waals surface area contributed by atoms with Crippen LogP contribution in [0.5, 0.6) is 5.88 Å². The van der Waals surface area contributed by atoms with E-state index in [1.807, 2.05) is 18.3 Å². The van der Waals surface area contributed by atoms with E-state index in [0.29, 0.717) is 5.88 Å². The molecule has 16 heavy (non-hydrogen) atoms. The van der Waals surface area contributed by atoms with Gasteiger partial charge in [0.1, 0.15) is 6.10 Å². The molecule has 2 heterocycles. The summed E-state index contributed by atoms with van der Waals surface area (Å²) in [5, 5.41) is 4.08. The van der Waals surface area contributed by atoms with Crippen molar-refractivity contribution in [2.24, 2.45) is 5.73 Å². The highest BCUT2D eigenvalue weighted by Crippen LogP contribution is 2.22. The molecule has 84 valence electrons. The van der Waals surface area contributed by atoms with Crippen LogP contribution in [0, 0.1) is 0 Å². The Kier molecular flexibility index (Phi) is 2.25. The average Bonchev–Trinajstić information content (AvgIpc) is 2.88. The van der Waals surface area contributed by atoms with E-state index >= 15 is 0 Å². The summed E-state index contributed by atoms with van der Waals surface area (Å²) in [5.41, 5.74) is 6.74. The maximum atomic E-state index is 5.95. The molecule has 0 aliphatic heterocycles. The van der Waals surface area contributed by atoms with Crippen LogP contribution in [-0.4, -0.2) is 26.7 Å². The van der Waals surface area contributed by atoms with Gasteiger partial charge in [-0.05, 0) is 19.3 Å². The normalized spacial score (nSPS) is 25.1. The summed E-state index contributed by atoms with van der Waals surface area (Å²) in [6.45, 7) is 0. The molecule has 1 fully saturated rings. The molecule has 2 N–H and O–H groups in total. The van der Waals surface area contributed by atoms with E-state index in [2.05, 4.69) is 10.1 Å². The Morgan fingerprint density at radius 1 is 1.38 bits per heavy atom. The standard InChI is InChI=1S/C11H14N4O/c12-8-2-1-3-9(8)16-11-5-7-15-10(14-11)4-6-13-15/h4-9H,1-3,12H2. The second kappa shape index (κ2) is 3.75. The van der Waals surface area contributed by atoms with Crippen LogP contribution in [0.3, 0.4) is 0 Å². The molecular formula is C11H14N4O. The van der Waals surface area contributed by atoms with E-state index in [0.717, 1.165) is 24.9 Å². The lowest BCUT2D eigenvalue weighted by Gasteiger charge is -2.16. The molecule has 5 heteroatoms. The van der Waals surface area contributed by atoms with Gasteiger partial charge in [0.2, 0.25) is 5.88 Å². The van der Waals surface area contributed by atoms with Crippen LogP contribution in [-0.2, 0) is 0 Å². The molecule has 3 rings (SSSR count). The molecule has 5 nitrogen and oxygen atoms in total. The topological polar surface area (TPSA) is 65.4 Å². The first-order valence-electron chi connectivity index (χ1n) is 5.55. The molecule has 2 aromatic heterocycles. The minimum absolute atomic E-state index is 0.109. The second-order valence-electron chi connectivity index (χ2n) is 4.15. The first-order valence-corrected chi connectivity index (χ1v) is 5.55. The maximum absolute atomic E-state index is 5.95. The van der Waals surface area contributed by atoms with Gasteiger partial charge in [0.25, 0.3) is 0 Å². The van der Waals surface area contributed by atoms with Gasteiger partial charge in [-0.2, -0.15) is 10.1 Å². The second-order valence-corrected chi connectivity index (χ2v) is 4.15. The predicted octanol–water partition coefficient (Wildman–Crippen LogP) is 0.988. The molecule has 0 saturated heterocycles. The third-order valence-electron chi connectivity index (χ3n) is 3.01. The van der Waals surface area contributed by atoms with Crippen molar-refractivity contribution in [2.45, 2.75) is 31.4 Å². The van der Waals surface area contributed by atoms with Crippen molar-refractivity contribution in [2.75, 3.05) is 0 Å². The zero-order valence-corrected chi connectivity index (χ0v) is 8.91. The first-order chi connectivity index (χ1) is 7.83. The Balaban J connectivity index is 1.83. The van der Waals surface area contributed by atoms with Crippen molar-refractivity contribution in [1.82, 2.24) is 14.6 Å². The Labute approximate surface area is 93.2 Å². The SMILES string of the molecule is NC1CCCC1Oc1ccn2nccc2n1. The van der Waals surface area contributed by atoms with E-state index in [9.17, 15) is 0 Å². The van der Waals surface area contributed by atoms with Crippen molar-refractivity contribution in [1.29, 1.82) is 0 Å². The number of ether oxygens (including phenoxy) is 1. The van der Waals surface area contributed by atoms with Gasteiger partial charge in [0.15, 0.2) is 5.65 Å². The van der Waals surface area contributed by atoms with Crippen molar-refractivity contribution in [3.8, 4) is 5.88 Å². The van der Waals surface area contributed by atoms with Gasteiger partial charge in [-0.25, -0.2) is 4.52 Å². The van der Waals surface area contributed by atoms with E-state index in [-0.39, 0.29) is 12.1 Å². The van der Waals surface area contributed by atoms with Gasteiger partial charge in [0.05, 0.1) is 6.20 Å². The third kappa shape index (κ3) is 1.63. The highest BCUT2D eigenvalue weighted by atomic mass is 16.5. The maximum Gasteiger partial charge on any atom is 0.217 e. The minimum Gasteiger partial charge on any atom is -0.473 e. The van der Waals surface area contributed by atoms with E-state index in [1.54, 1.807) is 10.7 Å². The lowest BCUT2D eigenvalue weighted by Crippen LogP contribution is -2.33. The van der Waals surface area contributed by atoms with E-state index in [4.69, 9.17) is 10.5 Å². The number of nitrogens with two attached hydrogens (primary N) is 1. The molecular weight excluding hydrogens is 204 g/mol. The molecule has 2 aromatic rings. The monoisotopic (exact) mass is 218 g/mol. The molecule has 0 radical (unpaired) electrons. The lowest BCUT2D eigenvalue weighted by molar-refractivity contribution is 0.184. The molecule has 1 aliphatic rings. The largest absolute Gasteiger partial charge is 0.473 e. The van der Waals surface area contributed by atoms with Crippen molar-refractivity contribution in [3.05, 3.63) is 24.5 Å². The summed E-state index contributed by atoms with van der Waals surface area (Å²) in [6, 6.07) is 3.81. The third-order valence-corrected chi connectivity index (χ3v) is 3.01. The molecule has 1 saturated carbocycles. The lowest BCUT2D eigenvalue weighted by atomic mass is 10.2. The number of aromatic nitrogens is 3. The van der Waals surface area contributed by atoms with Crippen LogP contribution in [0.15, 0.2) is 24.5 Å². The van der Waals surface area contributed by atoms with Crippen LogP contribution in [0.25, 0.3) is 5.65 Å². The number of hydrogen-bond donors (Lipinski definition) is 1. The number of rotatable bonds is 2. The van der Waals surface area contributed by atoms with Crippen LogP contribution in [0.2, 0.25) is 0 Å². The molecule has 2 unspecified atom stereocenters. The summed E-state index contributed by atoms with van der Waals surface area (Å²) in [5.74, 6) is 0.635. The quantitative estimate of drug-likeness (QED) is 0.816. The summed E-state index contributed by atoms with van der Waals surface area (Å²) in [4.78, 5) is 4.36. The van der Waals surface area contributed by atoms with Crippen molar-refractivity contribution >= 4 is 5.65 Å². The molecule has 0 spiro atoms. The van der Waals surface area contributed by atoms with Gasteiger partial charge in [-0.1, -0.05) is 0 Å². The minimum atomic E-state index is 0.109. The fourth-order valence-corrected chi connectivity index (χ4v) is 2.12. The number of hydrogen-bond acceptors (Lipinski definition) is 4. The van der Waals surface area contributed by atoms with Gasteiger partial charge < -0.3 is 10.5 Å². The van der Waals surface area contributed by atoms with Gasteiger partial charge in [-0.3, -0.25) is 0 Å². The highest BCUT2D eigenvalue weighted by Gasteiger charge is 2.25. The van der Waals surface area contributed by atoms with Gasteiger partial charge in [0, 0.05) is 24.4 Å².